The monoisotopic (exact) mass is 655 g/mol. The van der Waals surface area contributed by atoms with Gasteiger partial charge in [0.15, 0.2) is 17.5 Å². The third-order valence-corrected chi connectivity index (χ3v) is 11.0. The van der Waals surface area contributed by atoms with E-state index in [0.29, 0.717) is 17.5 Å². The molecule has 0 aliphatic carbocycles. The van der Waals surface area contributed by atoms with Crippen LogP contribution in [0.3, 0.4) is 0 Å². The van der Waals surface area contributed by atoms with Gasteiger partial charge in [0.1, 0.15) is 11.2 Å². The van der Waals surface area contributed by atoms with Crippen molar-refractivity contribution in [1.29, 1.82) is 0 Å². The van der Waals surface area contributed by atoms with Gasteiger partial charge in [-0.05, 0) is 80.8 Å². The summed E-state index contributed by atoms with van der Waals surface area (Å²) in [6, 6.07) is 53.4. The van der Waals surface area contributed by atoms with E-state index in [0.717, 1.165) is 44.0 Å². The van der Waals surface area contributed by atoms with E-state index in [2.05, 4.69) is 121 Å². The van der Waals surface area contributed by atoms with E-state index in [1.807, 2.05) is 41.7 Å². The van der Waals surface area contributed by atoms with Gasteiger partial charge in [-0.15, -0.1) is 11.3 Å². The molecule has 11 aromatic rings. The predicted octanol–water partition coefficient (Wildman–Crippen LogP) is 12.6. The molecule has 11 rings (SSSR count). The fourth-order valence-electron chi connectivity index (χ4n) is 7.46. The van der Waals surface area contributed by atoms with Crippen LogP contribution in [0.15, 0.2) is 156 Å². The van der Waals surface area contributed by atoms with Crippen LogP contribution in [-0.4, -0.2) is 15.0 Å². The van der Waals surface area contributed by atoms with Crippen molar-refractivity contribution in [2.75, 3.05) is 0 Å². The van der Waals surface area contributed by atoms with Gasteiger partial charge in [0.25, 0.3) is 0 Å². The lowest BCUT2D eigenvalue weighted by Gasteiger charge is -2.11. The largest absolute Gasteiger partial charge is 0.456 e. The Labute approximate surface area is 289 Å². The second kappa shape index (κ2) is 10.5. The van der Waals surface area contributed by atoms with E-state index in [-0.39, 0.29) is 0 Å². The third kappa shape index (κ3) is 4.20. The molecule has 0 spiro atoms. The molecule has 0 fully saturated rings. The number of hydrogen-bond donors (Lipinski definition) is 0. The highest BCUT2D eigenvalue weighted by Crippen LogP contribution is 2.39. The Morgan fingerprint density at radius 2 is 1.00 bits per heavy atom. The molecule has 0 unspecified atom stereocenters. The Kier molecular flexibility index (Phi) is 5.80. The first-order valence-electron chi connectivity index (χ1n) is 16.7. The molecule has 0 N–H and O–H groups in total. The first-order valence-corrected chi connectivity index (χ1v) is 17.5. The van der Waals surface area contributed by atoms with Crippen molar-refractivity contribution in [2.45, 2.75) is 0 Å². The first-order chi connectivity index (χ1) is 24.7. The molecule has 0 aliphatic rings. The van der Waals surface area contributed by atoms with Crippen LogP contribution in [0.5, 0.6) is 0 Å². The van der Waals surface area contributed by atoms with E-state index in [1.165, 1.54) is 47.1 Å². The third-order valence-electron chi connectivity index (χ3n) is 9.87. The predicted molar refractivity (Wildman–Crippen MR) is 209 cm³/mol. The zero-order valence-electron chi connectivity index (χ0n) is 26.6. The van der Waals surface area contributed by atoms with E-state index in [4.69, 9.17) is 19.4 Å². The Hall–Kier alpha value is -6.43. The first kappa shape index (κ1) is 27.5. The molecule has 0 bridgehead atoms. The second-order valence-corrected chi connectivity index (χ2v) is 13.9. The van der Waals surface area contributed by atoms with Gasteiger partial charge in [-0.3, -0.25) is 0 Å². The van der Waals surface area contributed by atoms with Crippen molar-refractivity contribution in [3.63, 3.8) is 0 Å². The zero-order chi connectivity index (χ0) is 32.8. The fourth-order valence-corrected chi connectivity index (χ4v) is 8.55. The number of nitrogens with zero attached hydrogens (tertiary/aromatic N) is 3. The van der Waals surface area contributed by atoms with Gasteiger partial charge in [-0.2, -0.15) is 0 Å². The number of thiophene rings is 1. The van der Waals surface area contributed by atoms with Crippen molar-refractivity contribution in [3.05, 3.63) is 152 Å². The number of benzene rings is 8. The van der Waals surface area contributed by atoms with Crippen LogP contribution < -0.4 is 0 Å². The molecule has 0 amide bonds. The quantitative estimate of drug-likeness (QED) is 0.178. The highest BCUT2D eigenvalue weighted by molar-refractivity contribution is 7.25. The molecule has 0 saturated heterocycles. The highest BCUT2D eigenvalue weighted by Gasteiger charge is 2.16. The van der Waals surface area contributed by atoms with Crippen LogP contribution in [0.4, 0.5) is 0 Å². The maximum absolute atomic E-state index is 6.31. The van der Waals surface area contributed by atoms with Gasteiger partial charge in [0, 0.05) is 47.6 Å². The Bertz CT molecular complexity index is 3160. The summed E-state index contributed by atoms with van der Waals surface area (Å²) in [6.45, 7) is 0. The van der Waals surface area contributed by atoms with Gasteiger partial charge in [-0.1, -0.05) is 103 Å². The molecule has 4 nitrogen and oxygen atoms in total. The van der Waals surface area contributed by atoms with E-state index in [9.17, 15) is 0 Å². The minimum atomic E-state index is 0.646. The molecule has 0 aliphatic heterocycles. The Morgan fingerprint density at radius 1 is 0.360 bits per heavy atom. The van der Waals surface area contributed by atoms with Crippen LogP contribution in [0.2, 0.25) is 0 Å². The van der Waals surface area contributed by atoms with Gasteiger partial charge in [0.2, 0.25) is 0 Å². The van der Waals surface area contributed by atoms with Gasteiger partial charge in [-0.25, -0.2) is 15.0 Å². The van der Waals surface area contributed by atoms with Crippen molar-refractivity contribution in [3.8, 4) is 34.2 Å². The average Bonchev–Trinajstić information content (AvgIpc) is 3.74. The molecular weight excluding hydrogens is 631 g/mol. The summed E-state index contributed by atoms with van der Waals surface area (Å²) in [5.41, 5.74) is 4.68. The van der Waals surface area contributed by atoms with Crippen molar-refractivity contribution >= 4 is 85.8 Å². The number of aromatic nitrogens is 3. The molecule has 50 heavy (non-hydrogen) atoms. The van der Waals surface area contributed by atoms with Crippen molar-refractivity contribution < 1.29 is 4.42 Å². The average molecular weight is 656 g/mol. The topological polar surface area (TPSA) is 51.8 Å². The lowest BCUT2D eigenvalue weighted by molar-refractivity contribution is 0.669. The fraction of sp³-hybridized carbons (Fsp3) is 0. The summed E-state index contributed by atoms with van der Waals surface area (Å²) in [5, 5.41) is 11.8. The summed E-state index contributed by atoms with van der Waals surface area (Å²) < 4.78 is 8.84. The van der Waals surface area contributed by atoms with Crippen molar-refractivity contribution in [2.24, 2.45) is 0 Å². The number of rotatable bonds is 3. The number of para-hydroxylation sites is 1. The van der Waals surface area contributed by atoms with E-state index in [1.54, 1.807) is 0 Å². The molecule has 0 atom stereocenters. The maximum Gasteiger partial charge on any atom is 0.164 e. The molecule has 0 saturated carbocycles. The molecule has 0 radical (unpaired) electrons. The van der Waals surface area contributed by atoms with Crippen LogP contribution in [0, 0.1) is 0 Å². The SMILES string of the molecule is c1ccc(-c2nc(-c3ccc4c(ccc5ccc6cc7c(cc6c54)oc4ccccc47)c3)nc(-c3ccc4sc5ccccc5c4c3)n2)cc1. The summed E-state index contributed by atoms with van der Waals surface area (Å²) in [5.74, 6) is 1.96. The number of furan rings is 1. The minimum absolute atomic E-state index is 0.646. The minimum Gasteiger partial charge on any atom is -0.456 e. The summed E-state index contributed by atoms with van der Waals surface area (Å²) >= 11 is 1.81. The molecule has 3 heterocycles. The van der Waals surface area contributed by atoms with Crippen LogP contribution in [0.1, 0.15) is 0 Å². The van der Waals surface area contributed by atoms with Crippen LogP contribution in [-0.2, 0) is 0 Å². The maximum atomic E-state index is 6.31. The molecular formula is C45H25N3OS. The molecule has 232 valence electrons. The van der Waals surface area contributed by atoms with Crippen LogP contribution in [0.25, 0.3) is 109 Å². The second-order valence-electron chi connectivity index (χ2n) is 12.8. The number of hydrogen-bond acceptors (Lipinski definition) is 5. The van der Waals surface area contributed by atoms with Gasteiger partial charge in [0.05, 0.1) is 0 Å². The Morgan fingerprint density at radius 3 is 1.84 bits per heavy atom. The standard InChI is InChI=1S/C45H25N3OS/c1-2-8-27(9-3-1)43-46-44(48-45(47-43)31-19-21-41-37(24-31)34-11-5-7-13-40(34)50-41)30-18-20-32-28(22-30)16-14-26-15-17-29-23-36-33-10-4-6-12-38(33)49-39(36)25-35(29)42(26)32/h1-25H. The molecule has 8 aromatic carbocycles. The lowest BCUT2D eigenvalue weighted by Crippen LogP contribution is -2.00. The van der Waals surface area contributed by atoms with E-state index >= 15 is 0 Å². The Balaban J connectivity index is 1.10. The lowest BCUT2D eigenvalue weighted by atomic mass is 9.94. The highest BCUT2D eigenvalue weighted by atomic mass is 32.1. The van der Waals surface area contributed by atoms with Crippen LogP contribution >= 0.6 is 11.3 Å². The number of fused-ring (bicyclic) bond motifs is 11. The van der Waals surface area contributed by atoms with Crippen molar-refractivity contribution in [1.82, 2.24) is 15.0 Å². The van der Waals surface area contributed by atoms with E-state index < -0.39 is 0 Å². The summed E-state index contributed by atoms with van der Waals surface area (Å²) in [4.78, 5) is 15.2. The summed E-state index contributed by atoms with van der Waals surface area (Å²) in [6.07, 6.45) is 0. The molecule has 5 heteroatoms. The smallest absolute Gasteiger partial charge is 0.164 e. The molecule has 3 aromatic heterocycles. The zero-order valence-corrected chi connectivity index (χ0v) is 27.4. The van der Waals surface area contributed by atoms with Gasteiger partial charge >= 0.3 is 0 Å². The normalized spacial score (nSPS) is 12.0. The summed E-state index contributed by atoms with van der Waals surface area (Å²) in [7, 11) is 0. The van der Waals surface area contributed by atoms with Gasteiger partial charge < -0.3 is 4.42 Å².